The fourth-order valence-electron chi connectivity index (χ4n) is 4.51. The number of amides is 3. The first-order valence-electron chi connectivity index (χ1n) is 14.4. The smallest absolute Gasteiger partial charge is 0.272 e. The lowest BCUT2D eigenvalue weighted by Gasteiger charge is -2.18. The van der Waals surface area contributed by atoms with Crippen LogP contribution < -0.4 is 16.0 Å². The molecule has 0 spiro atoms. The van der Waals surface area contributed by atoms with Crippen LogP contribution in [0.1, 0.15) is 32.3 Å². The van der Waals surface area contributed by atoms with Gasteiger partial charge in [0, 0.05) is 26.9 Å². The third kappa shape index (κ3) is 9.05. The minimum Gasteiger partial charge on any atom is -0.325 e. The van der Waals surface area contributed by atoms with Gasteiger partial charge in [-0.05, 0) is 84.3 Å². The van der Waals surface area contributed by atoms with Gasteiger partial charge in [0.2, 0.25) is 5.91 Å². The first-order valence-corrected chi connectivity index (χ1v) is 16.4. The molecule has 1 atom stereocenters. The van der Waals surface area contributed by atoms with Gasteiger partial charge in [-0.3, -0.25) is 14.4 Å². The van der Waals surface area contributed by atoms with Gasteiger partial charge in [-0.15, -0.1) is 11.8 Å². The number of halogens is 3. The van der Waals surface area contributed by atoms with Gasteiger partial charge < -0.3 is 16.0 Å². The summed E-state index contributed by atoms with van der Waals surface area (Å²) in [4.78, 5) is 40.9. The average Bonchev–Trinajstić information content (AvgIpc) is 3.08. The van der Waals surface area contributed by atoms with Gasteiger partial charge in [-0.25, -0.2) is 0 Å². The van der Waals surface area contributed by atoms with Gasteiger partial charge in [0.05, 0.1) is 10.0 Å². The first kappa shape index (κ1) is 33.8. The van der Waals surface area contributed by atoms with Crippen molar-refractivity contribution in [1.82, 2.24) is 5.32 Å². The van der Waals surface area contributed by atoms with Crippen molar-refractivity contribution in [2.75, 3.05) is 10.6 Å². The Morgan fingerprint density at radius 1 is 0.745 bits per heavy atom. The topological polar surface area (TPSA) is 87.3 Å². The van der Waals surface area contributed by atoms with Crippen molar-refractivity contribution in [3.05, 3.63) is 164 Å². The molecule has 0 saturated heterocycles. The van der Waals surface area contributed by atoms with E-state index in [9.17, 15) is 14.4 Å². The summed E-state index contributed by atoms with van der Waals surface area (Å²) in [6, 6.07) is 35.5. The molecule has 0 bridgehead atoms. The van der Waals surface area contributed by atoms with E-state index in [2.05, 4.69) is 16.0 Å². The van der Waals surface area contributed by atoms with Crippen LogP contribution in [0.2, 0.25) is 15.1 Å². The number of hydrogen-bond donors (Lipinski definition) is 3. The van der Waals surface area contributed by atoms with Crippen LogP contribution in [-0.4, -0.2) is 17.7 Å². The molecule has 6 nitrogen and oxygen atoms in total. The van der Waals surface area contributed by atoms with E-state index in [4.69, 9.17) is 34.8 Å². The quantitative estimate of drug-likeness (QED) is 0.100. The highest BCUT2D eigenvalue weighted by molar-refractivity contribution is 8.00. The molecule has 0 saturated carbocycles. The number of carbonyl (C=O) groups is 3. The molecule has 10 heteroatoms. The van der Waals surface area contributed by atoms with Gasteiger partial charge in [0.1, 0.15) is 10.9 Å². The zero-order valence-electron chi connectivity index (χ0n) is 25.0. The summed E-state index contributed by atoms with van der Waals surface area (Å²) in [5, 5.41) is 9.06. The highest BCUT2D eigenvalue weighted by Gasteiger charge is 2.23. The molecule has 5 aromatic carbocycles. The van der Waals surface area contributed by atoms with Gasteiger partial charge in [0.25, 0.3) is 11.8 Å². The lowest BCUT2D eigenvalue weighted by Crippen LogP contribution is -2.30. The lowest BCUT2D eigenvalue weighted by atomic mass is 10.1. The van der Waals surface area contributed by atoms with Crippen LogP contribution in [0.5, 0.6) is 0 Å². The Hall–Kier alpha value is -4.53. The second kappa shape index (κ2) is 15.8. The van der Waals surface area contributed by atoms with Crippen molar-refractivity contribution in [1.29, 1.82) is 0 Å². The molecular weight excluding hydrogens is 673 g/mol. The highest BCUT2D eigenvalue weighted by atomic mass is 35.5. The van der Waals surface area contributed by atoms with Crippen LogP contribution in [0.3, 0.4) is 0 Å². The van der Waals surface area contributed by atoms with E-state index >= 15 is 0 Å². The molecule has 0 aliphatic rings. The molecule has 47 heavy (non-hydrogen) atoms. The van der Waals surface area contributed by atoms with Crippen LogP contribution in [0.15, 0.2) is 132 Å². The van der Waals surface area contributed by atoms with Crippen LogP contribution in [0.25, 0.3) is 6.08 Å². The maximum atomic E-state index is 13.6. The molecular formula is C37H28Cl3N3O3S. The second-order valence-corrected chi connectivity index (χ2v) is 12.8. The number of benzene rings is 5. The fraction of sp³-hybridized carbons (Fsp3) is 0.0541. The summed E-state index contributed by atoms with van der Waals surface area (Å²) in [5.41, 5.74) is 3.66. The summed E-state index contributed by atoms with van der Waals surface area (Å²) in [5.74, 6) is -1.23. The molecule has 1 unspecified atom stereocenters. The summed E-state index contributed by atoms with van der Waals surface area (Å²) in [7, 11) is 0. The molecule has 0 aliphatic heterocycles. The Labute approximate surface area is 292 Å². The molecule has 5 rings (SSSR count). The lowest BCUT2D eigenvalue weighted by molar-refractivity contribution is -0.116. The van der Waals surface area contributed by atoms with Crippen LogP contribution in [-0.2, 0) is 9.59 Å². The maximum Gasteiger partial charge on any atom is 0.272 e. The van der Waals surface area contributed by atoms with E-state index in [1.165, 1.54) is 17.8 Å². The maximum absolute atomic E-state index is 13.6. The monoisotopic (exact) mass is 699 g/mol. The predicted octanol–water partition coefficient (Wildman–Crippen LogP) is 9.84. The first-order chi connectivity index (χ1) is 22.7. The Morgan fingerprint density at radius 2 is 1.43 bits per heavy atom. The summed E-state index contributed by atoms with van der Waals surface area (Å²) < 4.78 is 0. The molecule has 5 aromatic rings. The number of carbonyl (C=O) groups excluding carboxylic acids is 3. The third-order valence-electron chi connectivity index (χ3n) is 6.97. The van der Waals surface area contributed by atoms with E-state index < -0.39 is 17.1 Å². The minimum absolute atomic E-state index is 0.0291. The summed E-state index contributed by atoms with van der Waals surface area (Å²) in [6.45, 7) is 1.90. The van der Waals surface area contributed by atoms with Crippen LogP contribution in [0, 0.1) is 6.92 Å². The van der Waals surface area contributed by atoms with Crippen molar-refractivity contribution in [2.24, 2.45) is 0 Å². The van der Waals surface area contributed by atoms with Crippen LogP contribution >= 0.6 is 46.6 Å². The number of anilines is 2. The fourth-order valence-corrected chi connectivity index (χ4v) is 6.07. The minimum atomic E-state index is -0.569. The van der Waals surface area contributed by atoms with Crippen molar-refractivity contribution in [2.45, 2.75) is 17.1 Å². The molecule has 0 fully saturated rings. The summed E-state index contributed by atoms with van der Waals surface area (Å²) >= 11 is 20.1. The van der Waals surface area contributed by atoms with Crippen molar-refractivity contribution < 1.29 is 14.4 Å². The van der Waals surface area contributed by atoms with Gasteiger partial charge in [-0.2, -0.15) is 0 Å². The Balaban J connectivity index is 1.35. The zero-order valence-corrected chi connectivity index (χ0v) is 28.1. The molecule has 0 aromatic heterocycles. The zero-order chi connectivity index (χ0) is 33.3. The Bertz CT molecular complexity index is 1940. The molecule has 0 radical (unpaired) electrons. The van der Waals surface area contributed by atoms with Gasteiger partial charge in [-0.1, -0.05) is 102 Å². The van der Waals surface area contributed by atoms with E-state index in [1.54, 1.807) is 72.8 Å². The Kier molecular flexibility index (Phi) is 11.4. The highest BCUT2D eigenvalue weighted by Crippen LogP contribution is 2.37. The predicted molar refractivity (Wildman–Crippen MR) is 193 cm³/mol. The summed E-state index contributed by atoms with van der Waals surface area (Å²) in [6.07, 6.45) is 1.47. The normalized spacial score (nSPS) is 11.8. The number of aryl methyl sites for hydroxylation is 1. The SMILES string of the molecule is Cc1ccc(Cl)cc1NC(=O)C(Sc1ccc(NC(=O)/C(=C/c2cccc(Cl)c2Cl)NC(=O)c2ccccc2)cc1)c1ccccc1. The van der Waals surface area contributed by atoms with E-state index in [0.717, 1.165) is 16.0 Å². The molecule has 0 aliphatic carbocycles. The van der Waals surface area contributed by atoms with E-state index in [1.807, 2.05) is 55.5 Å². The second-order valence-electron chi connectivity index (χ2n) is 10.4. The number of thioether (sulfide) groups is 1. The van der Waals surface area contributed by atoms with E-state index in [-0.39, 0.29) is 16.6 Å². The molecule has 3 amide bonds. The molecule has 236 valence electrons. The van der Waals surface area contributed by atoms with Crippen LogP contribution in [0.4, 0.5) is 11.4 Å². The van der Waals surface area contributed by atoms with E-state index in [0.29, 0.717) is 32.5 Å². The average molecular weight is 701 g/mol. The van der Waals surface area contributed by atoms with Crippen molar-refractivity contribution in [3.8, 4) is 0 Å². The van der Waals surface area contributed by atoms with Crippen molar-refractivity contribution >= 4 is 81.7 Å². The number of rotatable bonds is 10. The molecule has 0 heterocycles. The Morgan fingerprint density at radius 3 is 2.13 bits per heavy atom. The largest absolute Gasteiger partial charge is 0.325 e. The van der Waals surface area contributed by atoms with Crippen molar-refractivity contribution in [3.63, 3.8) is 0 Å². The van der Waals surface area contributed by atoms with Gasteiger partial charge in [0.15, 0.2) is 0 Å². The van der Waals surface area contributed by atoms with Gasteiger partial charge >= 0.3 is 0 Å². The standard InChI is InChI=1S/C37H28Cl3N3O3S/c1-23-15-16-27(38)22-31(23)42-37(46)34(24-9-4-2-5-10-24)47-29-19-17-28(18-20-29)41-36(45)32(21-26-13-8-14-30(39)33(26)40)43-35(44)25-11-6-3-7-12-25/h2-22,34H,1H3,(H,41,45)(H,42,46)(H,43,44)/b32-21-. The number of hydrogen-bond acceptors (Lipinski definition) is 4. The molecule has 3 N–H and O–H groups in total. The number of nitrogens with one attached hydrogen (secondary N) is 3. The third-order valence-corrected chi connectivity index (χ3v) is 9.31.